The fourth-order valence-electron chi connectivity index (χ4n) is 1.70. The number of hydrogen-bond donors (Lipinski definition) is 0. The summed E-state index contributed by atoms with van der Waals surface area (Å²) in [5.41, 5.74) is 1.20. The molecule has 0 rings (SSSR count). The fraction of sp³-hybridized carbons (Fsp3) is 0.524. The molecule has 0 N–H and O–H groups in total. The first-order valence-corrected chi connectivity index (χ1v) is 8.53. The molecule has 0 aliphatic carbocycles. The van der Waals surface area contributed by atoms with E-state index in [9.17, 15) is 0 Å². The lowest BCUT2D eigenvalue weighted by molar-refractivity contribution is 0.325. The minimum absolute atomic E-state index is 0.973. The second kappa shape index (κ2) is 24.7. The third-order valence-electron chi connectivity index (χ3n) is 2.90. The summed E-state index contributed by atoms with van der Waals surface area (Å²) in [5, 5.41) is 0. The summed E-state index contributed by atoms with van der Waals surface area (Å²) < 4.78 is 0. The van der Waals surface area contributed by atoms with Gasteiger partial charge in [0.25, 0.3) is 0 Å². The van der Waals surface area contributed by atoms with E-state index < -0.39 is 0 Å². The summed E-state index contributed by atoms with van der Waals surface area (Å²) in [4.78, 5) is 2.43. The van der Waals surface area contributed by atoms with Crippen LogP contribution in [0.5, 0.6) is 0 Å². The Labute approximate surface area is 140 Å². The van der Waals surface area contributed by atoms with Gasteiger partial charge in [0.2, 0.25) is 0 Å². The van der Waals surface area contributed by atoms with Gasteiger partial charge >= 0.3 is 0 Å². The van der Waals surface area contributed by atoms with E-state index in [0.717, 1.165) is 13.1 Å². The summed E-state index contributed by atoms with van der Waals surface area (Å²) in [6.45, 7) is 25.0. The van der Waals surface area contributed by atoms with Crippen LogP contribution in [0.3, 0.4) is 0 Å². The molecule has 0 aromatic carbocycles. The highest BCUT2D eigenvalue weighted by Crippen LogP contribution is 2.02. The van der Waals surface area contributed by atoms with Crippen LogP contribution in [-0.2, 0) is 0 Å². The first kappa shape index (κ1) is 25.6. The zero-order chi connectivity index (χ0) is 17.6. The van der Waals surface area contributed by atoms with Crippen LogP contribution < -0.4 is 0 Å². The Morgan fingerprint density at radius 1 is 1.00 bits per heavy atom. The predicted octanol–water partition coefficient (Wildman–Crippen LogP) is 6.57. The largest absolute Gasteiger partial charge is 0.296 e. The molecule has 0 aliphatic heterocycles. The van der Waals surface area contributed by atoms with Gasteiger partial charge < -0.3 is 0 Å². The average molecular weight is 306 g/mol. The van der Waals surface area contributed by atoms with Crippen LogP contribution in [0.15, 0.2) is 62.3 Å². The molecule has 0 radical (unpaired) electrons. The summed E-state index contributed by atoms with van der Waals surface area (Å²) >= 11 is 0. The third kappa shape index (κ3) is 21.0. The van der Waals surface area contributed by atoms with Crippen molar-refractivity contribution in [2.45, 2.75) is 53.4 Å². The van der Waals surface area contributed by atoms with Gasteiger partial charge in [-0.3, -0.25) is 4.90 Å². The van der Waals surface area contributed by atoms with E-state index in [-0.39, 0.29) is 0 Å². The quantitative estimate of drug-likeness (QED) is 0.237. The molecule has 0 fully saturated rings. The van der Waals surface area contributed by atoms with Crippen LogP contribution in [0.25, 0.3) is 0 Å². The number of unbranched alkanes of at least 4 members (excludes halogenated alkanes) is 3. The van der Waals surface area contributed by atoms with Gasteiger partial charge in [0, 0.05) is 13.1 Å². The van der Waals surface area contributed by atoms with Crippen molar-refractivity contribution in [1.82, 2.24) is 4.90 Å². The maximum atomic E-state index is 3.82. The number of allylic oxidation sites excluding steroid dienone is 4. The van der Waals surface area contributed by atoms with Gasteiger partial charge in [-0.05, 0) is 19.9 Å². The summed E-state index contributed by atoms with van der Waals surface area (Å²) in [5.74, 6) is 0. The molecule has 128 valence electrons. The van der Waals surface area contributed by atoms with Gasteiger partial charge in [-0.15, -0.1) is 19.7 Å². The normalized spacial score (nSPS) is 10.5. The van der Waals surface area contributed by atoms with Crippen molar-refractivity contribution in [1.29, 1.82) is 0 Å². The second-order valence-corrected chi connectivity index (χ2v) is 4.65. The van der Waals surface area contributed by atoms with Gasteiger partial charge in [-0.2, -0.15) is 0 Å². The minimum Gasteiger partial charge on any atom is -0.296 e. The number of nitrogens with zero attached hydrogens (tertiary/aromatic N) is 1. The Balaban J connectivity index is -0.000000826. The standard InChI is InChI=1S/C17H29N.C2H6.C2H4/c1-5-8-9-11-15-18(14-6-2)16-12-10-13-17(4)7-3;2*1-2/h6-7,10,12-13H,2-3,5,8-9,11,14-16H2,1,4H3;1-2H3;1-2H2/b12-10+,17-13-;;. The molecular weight excluding hydrogens is 266 g/mol. The van der Waals surface area contributed by atoms with Gasteiger partial charge in [0.1, 0.15) is 0 Å². The molecule has 0 amide bonds. The molecule has 0 saturated carbocycles. The van der Waals surface area contributed by atoms with Gasteiger partial charge in [0.15, 0.2) is 0 Å². The zero-order valence-corrected chi connectivity index (χ0v) is 15.6. The van der Waals surface area contributed by atoms with Gasteiger partial charge in [0.05, 0.1) is 0 Å². The van der Waals surface area contributed by atoms with E-state index in [0.29, 0.717) is 0 Å². The molecule has 0 spiro atoms. The predicted molar refractivity (Wildman–Crippen MR) is 106 cm³/mol. The van der Waals surface area contributed by atoms with Crippen LogP contribution in [0.2, 0.25) is 0 Å². The second-order valence-electron chi connectivity index (χ2n) is 4.65. The van der Waals surface area contributed by atoms with E-state index in [2.05, 4.69) is 63.3 Å². The van der Waals surface area contributed by atoms with Crippen LogP contribution in [0.1, 0.15) is 53.4 Å². The Bertz CT molecular complexity index is 286. The summed E-state index contributed by atoms with van der Waals surface area (Å²) in [7, 11) is 0. The molecule has 0 unspecified atom stereocenters. The van der Waals surface area contributed by atoms with E-state index in [1.165, 1.54) is 37.8 Å². The SMILES string of the molecule is C=C.C=CCN(C/C=C/C=C(/C)C=C)CCCCCC.CC. The fourth-order valence-corrected chi connectivity index (χ4v) is 1.70. The maximum absolute atomic E-state index is 3.82. The third-order valence-corrected chi connectivity index (χ3v) is 2.90. The number of hydrogen-bond acceptors (Lipinski definition) is 1. The van der Waals surface area contributed by atoms with E-state index >= 15 is 0 Å². The first-order chi connectivity index (χ1) is 10.7. The lowest BCUT2D eigenvalue weighted by Crippen LogP contribution is -2.25. The molecular formula is C21H39N. The topological polar surface area (TPSA) is 3.24 Å². The van der Waals surface area contributed by atoms with Crippen LogP contribution in [-0.4, -0.2) is 24.5 Å². The maximum Gasteiger partial charge on any atom is 0.0169 e. The van der Waals surface area contributed by atoms with Crippen LogP contribution in [0.4, 0.5) is 0 Å². The first-order valence-electron chi connectivity index (χ1n) is 8.53. The smallest absolute Gasteiger partial charge is 0.0169 e. The van der Waals surface area contributed by atoms with Crippen molar-refractivity contribution in [3.05, 3.63) is 62.3 Å². The molecule has 1 heteroatoms. The molecule has 0 aliphatic rings. The molecule has 0 bridgehead atoms. The molecule has 0 aromatic rings. The Morgan fingerprint density at radius 3 is 2.14 bits per heavy atom. The van der Waals surface area contributed by atoms with Gasteiger partial charge in [-0.1, -0.05) is 82.6 Å². The molecule has 22 heavy (non-hydrogen) atoms. The highest BCUT2D eigenvalue weighted by atomic mass is 15.1. The van der Waals surface area contributed by atoms with E-state index in [1.807, 2.05) is 26.0 Å². The molecule has 0 atom stereocenters. The van der Waals surface area contributed by atoms with Crippen molar-refractivity contribution in [2.75, 3.05) is 19.6 Å². The van der Waals surface area contributed by atoms with Crippen LogP contribution >= 0.6 is 0 Å². The van der Waals surface area contributed by atoms with Crippen molar-refractivity contribution in [3.63, 3.8) is 0 Å². The zero-order valence-electron chi connectivity index (χ0n) is 15.6. The Morgan fingerprint density at radius 2 is 1.64 bits per heavy atom. The van der Waals surface area contributed by atoms with Crippen molar-refractivity contribution < 1.29 is 0 Å². The van der Waals surface area contributed by atoms with Crippen molar-refractivity contribution in [3.8, 4) is 0 Å². The van der Waals surface area contributed by atoms with Gasteiger partial charge in [-0.25, -0.2) is 0 Å². The lowest BCUT2D eigenvalue weighted by atomic mass is 10.2. The Hall–Kier alpha value is -1.34. The summed E-state index contributed by atoms with van der Waals surface area (Å²) in [6, 6.07) is 0. The number of rotatable bonds is 11. The van der Waals surface area contributed by atoms with E-state index in [1.54, 1.807) is 0 Å². The van der Waals surface area contributed by atoms with Crippen molar-refractivity contribution in [2.24, 2.45) is 0 Å². The molecule has 0 saturated heterocycles. The molecule has 0 heterocycles. The lowest BCUT2D eigenvalue weighted by Gasteiger charge is -2.18. The summed E-state index contributed by atoms with van der Waals surface area (Å²) in [6.07, 6.45) is 15.5. The van der Waals surface area contributed by atoms with E-state index in [4.69, 9.17) is 0 Å². The molecule has 0 aromatic heterocycles. The van der Waals surface area contributed by atoms with Crippen molar-refractivity contribution >= 4 is 0 Å². The molecule has 1 nitrogen and oxygen atoms in total. The minimum atomic E-state index is 0.973. The van der Waals surface area contributed by atoms with Crippen LogP contribution in [0, 0.1) is 0 Å². The Kier molecular flexibility index (Phi) is 28.7. The average Bonchev–Trinajstić information content (AvgIpc) is 2.58. The highest BCUT2D eigenvalue weighted by Gasteiger charge is 1.99. The highest BCUT2D eigenvalue weighted by molar-refractivity contribution is 5.19. The monoisotopic (exact) mass is 305 g/mol.